The van der Waals surface area contributed by atoms with Crippen molar-refractivity contribution in [1.29, 1.82) is 0 Å². The molecule has 0 aliphatic carbocycles. The molecule has 174 valence electrons. The maximum Gasteiger partial charge on any atom is 0.325 e. The zero-order valence-corrected chi connectivity index (χ0v) is 19.0. The molecule has 2 aromatic rings. The molecule has 2 aliphatic heterocycles. The molecular weight excluding hydrogens is 424 g/mol. The highest BCUT2D eigenvalue weighted by Crippen LogP contribution is 2.36. The van der Waals surface area contributed by atoms with Crippen LogP contribution in [0.3, 0.4) is 0 Å². The lowest BCUT2D eigenvalue weighted by Gasteiger charge is -2.25. The number of imide groups is 1. The monoisotopic (exact) mass is 452 g/mol. The van der Waals surface area contributed by atoms with Crippen molar-refractivity contribution in [1.82, 2.24) is 10.2 Å². The number of fused-ring (bicyclic) bond motifs is 1. The topological polar surface area (TPSA) is 100 Å². The first-order valence-electron chi connectivity index (χ1n) is 11.0. The van der Waals surface area contributed by atoms with Crippen LogP contribution in [0.25, 0.3) is 0 Å². The minimum Gasteiger partial charge on any atom is -0.486 e. The molecule has 4 amide bonds. The molecule has 1 unspecified atom stereocenters. The van der Waals surface area contributed by atoms with Crippen molar-refractivity contribution in [3.05, 3.63) is 48.0 Å². The summed E-state index contributed by atoms with van der Waals surface area (Å²) in [6.07, 6.45) is 0. The third kappa shape index (κ3) is 4.30. The number of urea groups is 1. The van der Waals surface area contributed by atoms with E-state index in [1.165, 1.54) is 0 Å². The number of benzene rings is 2. The Labute approximate surface area is 192 Å². The predicted octanol–water partition coefficient (Wildman–Crippen LogP) is 2.71. The second kappa shape index (κ2) is 9.01. The van der Waals surface area contributed by atoms with Crippen LogP contribution in [0.1, 0.15) is 26.3 Å². The number of nitrogens with zero attached hydrogens (tertiary/aromatic N) is 2. The maximum absolute atomic E-state index is 13.2. The van der Waals surface area contributed by atoms with E-state index in [9.17, 15) is 14.4 Å². The second-order valence-electron chi connectivity index (χ2n) is 8.07. The molecule has 2 N–H and O–H groups in total. The van der Waals surface area contributed by atoms with Gasteiger partial charge in [-0.25, -0.2) is 4.79 Å². The van der Waals surface area contributed by atoms with E-state index in [2.05, 4.69) is 29.4 Å². The molecule has 33 heavy (non-hydrogen) atoms. The van der Waals surface area contributed by atoms with Crippen LogP contribution < -0.4 is 25.0 Å². The maximum atomic E-state index is 13.2. The van der Waals surface area contributed by atoms with Crippen molar-refractivity contribution >= 4 is 29.2 Å². The van der Waals surface area contributed by atoms with Crippen LogP contribution in [0.15, 0.2) is 42.5 Å². The Morgan fingerprint density at radius 3 is 2.39 bits per heavy atom. The number of ether oxygens (including phenoxy) is 2. The average molecular weight is 453 g/mol. The third-order valence-corrected chi connectivity index (χ3v) is 5.98. The summed E-state index contributed by atoms with van der Waals surface area (Å²) < 4.78 is 11.1. The van der Waals surface area contributed by atoms with E-state index in [1.807, 2.05) is 12.1 Å². The van der Waals surface area contributed by atoms with Crippen molar-refractivity contribution in [3.63, 3.8) is 0 Å². The van der Waals surface area contributed by atoms with E-state index < -0.39 is 23.4 Å². The lowest BCUT2D eigenvalue weighted by atomic mass is 9.91. The van der Waals surface area contributed by atoms with Gasteiger partial charge < -0.3 is 25.0 Å². The van der Waals surface area contributed by atoms with Crippen LogP contribution >= 0.6 is 0 Å². The highest BCUT2D eigenvalue weighted by atomic mass is 16.6. The fraction of sp³-hybridized carbons (Fsp3) is 0.375. The second-order valence-corrected chi connectivity index (χ2v) is 8.07. The summed E-state index contributed by atoms with van der Waals surface area (Å²) in [4.78, 5) is 41.5. The molecule has 0 radical (unpaired) electrons. The van der Waals surface area contributed by atoms with Crippen LogP contribution in [-0.2, 0) is 15.1 Å². The summed E-state index contributed by atoms with van der Waals surface area (Å²) in [5.74, 6) is 0.150. The van der Waals surface area contributed by atoms with Crippen molar-refractivity contribution in [2.24, 2.45) is 0 Å². The molecule has 0 spiro atoms. The van der Waals surface area contributed by atoms with Gasteiger partial charge in [0.1, 0.15) is 25.3 Å². The van der Waals surface area contributed by atoms with Gasteiger partial charge in [-0.1, -0.05) is 6.07 Å². The van der Waals surface area contributed by atoms with Gasteiger partial charge in [-0.3, -0.25) is 14.5 Å². The van der Waals surface area contributed by atoms with Crippen molar-refractivity contribution < 1.29 is 23.9 Å². The molecular formula is C24H28N4O5. The molecule has 0 bridgehead atoms. The lowest BCUT2D eigenvalue weighted by Crippen LogP contribution is -2.42. The smallest absolute Gasteiger partial charge is 0.325 e. The number of carbonyl (C=O) groups excluding carboxylic acids is 3. The number of carbonyl (C=O) groups is 3. The number of nitrogens with one attached hydrogen (secondary N) is 2. The Morgan fingerprint density at radius 1 is 1.06 bits per heavy atom. The Balaban J connectivity index is 1.44. The molecule has 1 saturated heterocycles. The summed E-state index contributed by atoms with van der Waals surface area (Å²) in [7, 11) is 0. The molecule has 2 heterocycles. The molecule has 0 aromatic heterocycles. The van der Waals surface area contributed by atoms with Crippen LogP contribution in [0.4, 0.5) is 16.2 Å². The third-order valence-electron chi connectivity index (χ3n) is 5.98. The van der Waals surface area contributed by atoms with Crippen LogP contribution in [0.5, 0.6) is 11.5 Å². The summed E-state index contributed by atoms with van der Waals surface area (Å²) in [5.41, 5.74) is 0.901. The molecule has 1 fully saturated rings. The summed E-state index contributed by atoms with van der Waals surface area (Å²) in [6, 6.07) is 12.0. The summed E-state index contributed by atoms with van der Waals surface area (Å²) in [6.45, 7) is 8.03. The number of hydrogen-bond acceptors (Lipinski definition) is 6. The Bertz CT molecular complexity index is 1070. The van der Waals surface area contributed by atoms with Gasteiger partial charge in [0.2, 0.25) is 5.91 Å². The normalized spacial score (nSPS) is 19.3. The van der Waals surface area contributed by atoms with Gasteiger partial charge in [-0.2, -0.15) is 0 Å². The van der Waals surface area contributed by atoms with Crippen LogP contribution in [0.2, 0.25) is 0 Å². The Hall–Kier alpha value is -3.75. The van der Waals surface area contributed by atoms with Gasteiger partial charge in [-0.15, -0.1) is 0 Å². The zero-order valence-electron chi connectivity index (χ0n) is 19.0. The minimum atomic E-state index is -1.31. The number of amides is 4. The molecule has 2 aliphatic rings. The zero-order chi connectivity index (χ0) is 23.6. The van der Waals surface area contributed by atoms with Crippen molar-refractivity contribution in [3.8, 4) is 11.5 Å². The van der Waals surface area contributed by atoms with Crippen molar-refractivity contribution in [2.75, 3.05) is 43.1 Å². The number of hydrogen-bond donors (Lipinski definition) is 2. The summed E-state index contributed by atoms with van der Waals surface area (Å²) >= 11 is 0. The fourth-order valence-corrected chi connectivity index (χ4v) is 4.08. The van der Waals surface area contributed by atoms with Crippen molar-refractivity contribution in [2.45, 2.75) is 26.3 Å². The average Bonchev–Trinajstić information content (AvgIpc) is 3.04. The number of anilines is 2. The fourth-order valence-electron chi connectivity index (χ4n) is 4.08. The first kappa shape index (κ1) is 22.4. The Kier molecular flexibility index (Phi) is 6.13. The summed E-state index contributed by atoms with van der Waals surface area (Å²) in [5, 5.41) is 5.46. The molecule has 2 aromatic carbocycles. The number of rotatable bonds is 7. The largest absolute Gasteiger partial charge is 0.486 e. The quantitative estimate of drug-likeness (QED) is 0.627. The van der Waals surface area contributed by atoms with E-state index in [4.69, 9.17) is 9.47 Å². The lowest BCUT2D eigenvalue weighted by molar-refractivity contribution is -0.133. The molecule has 1 atom stereocenters. The van der Waals surface area contributed by atoms with E-state index >= 15 is 0 Å². The Morgan fingerprint density at radius 2 is 1.73 bits per heavy atom. The van der Waals surface area contributed by atoms with Crippen LogP contribution in [-0.4, -0.2) is 55.6 Å². The van der Waals surface area contributed by atoms with Gasteiger partial charge in [0.05, 0.1) is 0 Å². The van der Waals surface area contributed by atoms with Gasteiger partial charge in [0.25, 0.3) is 5.91 Å². The van der Waals surface area contributed by atoms with Gasteiger partial charge >= 0.3 is 6.03 Å². The molecule has 9 heteroatoms. The molecule has 4 rings (SSSR count). The first-order valence-corrected chi connectivity index (χ1v) is 11.0. The first-order chi connectivity index (χ1) is 15.9. The molecule has 0 saturated carbocycles. The van der Waals surface area contributed by atoms with Gasteiger partial charge in [0, 0.05) is 24.5 Å². The van der Waals surface area contributed by atoms with E-state index in [0.717, 1.165) is 23.7 Å². The van der Waals surface area contributed by atoms with Gasteiger partial charge in [-0.05, 0) is 62.7 Å². The van der Waals surface area contributed by atoms with Gasteiger partial charge in [0.15, 0.2) is 11.5 Å². The van der Waals surface area contributed by atoms with Crippen LogP contribution in [0, 0.1) is 0 Å². The van der Waals surface area contributed by atoms with E-state index in [1.54, 1.807) is 37.3 Å². The predicted molar refractivity (Wildman–Crippen MR) is 124 cm³/mol. The highest BCUT2D eigenvalue weighted by molar-refractivity contribution is 6.10. The SMILES string of the molecule is CCN(CC)c1ccc(NC(=O)CN2C(=O)NC(C)(c3ccc4c(c3)OCCO4)C2=O)cc1. The highest BCUT2D eigenvalue weighted by Gasteiger charge is 2.49. The standard InChI is InChI=1S/C24H28N4O5/c1-4-27(5-2)18-9-7-17(8-10-18)25-21(29)15-28-22(30)24(3,26-23(28)31)16-6-11-19-20(14-16)33-13-12-32-19/h6-11,14H,4-5,12-13,15H2,1-3H3,(H,25,29)(H,26,31). The van der Waals surface area contributed by atoms with E-state index in [-0.39, 0.29) is 6.54 Å². The molecule has 9 nitrogen and oxygen atoms in total. The van der Waals surface area contributed by atoms with E-state index in [0.29, 0.717) is 36.0 Å². The minimum absolute atomic E-state index is 0.386.